The number of piperidine rings is 1. The van der Waals surface area contributed by atoms with E-state index < -0.39 is 6.10 Å². The molecule has 0 aromatic heterocycles. The monoisotopic (exact) mass is 425 g/mol. The molecule has 2 bridgehead atoms. The van der Waals surface area contributed by atoms with Gasteiger partial charge in [0, 0.05) is 23.4 Å². The summed E-state index contributed by atoms with van der Waals surface area (Å²) in [4.78, 5) is 2.65. The van der Waals surface area contributed by atoms with E-state index in [4.69, 9.17) is 4.74 Å². The van der Waals surface area contributed by atoms with E-state index >= 15 is 0 Å². The summed E-state index contributed by atoms with van der Waals surface area (Å²) in [5.41, 5.74) is 7.19. The molecule has 3 aromatic rings. The van der Waals surface area contributed by atoms with Gasteiger partial charge in [0.1, 0.15) is 5.75 Å². The van der Waals surface area contributed by atoms with Crippen LogP contribution >= 0.6 is 0 Å². The van der Waals surface area contributed by atoms with Crippen molar-refractivity contribution in [3.63, 3.8) is 0 Å². The maximum Gasteiger partial charge on any atom is 0.124 e. The maximum atomic E-state index is 11.1. The van der Waals surface area contributed by atoms with Gasteiger partial charge in [-0.05, 0) is 66.6 Å². The number of hydrogen-bond acceptors (Lipinski definition) is 3. The predicted octanol–water partition coefficient (Wildman–Crippen LogP) is 5.28. The minimum absolute atomic E-state index is 0.117. The Morgan fingerprint density at radius 1 is 0.906 bits per heavy atom. The fourth-order valence-corrected chi connectivity index (χ4v) is 6.78. The lowest BCUT2D eigenvalue weighted by Gasteiger charge is -2.40. The first kappa shape index (κ1) is 20.0. The molecule has 2 aliphatic carbocycles. The lowest BCUT2D eigenvalue weighted by molar-refractivity contribution is 0.0525. The van der Waals surface area contributed by atoms with Gasteiger partial charge in [-0.15, -0.1) is 0 Å². The second-order valence-electron chi connectivity index (χ2n) is 9.81. The molecule has 3 aliphatic rings. The van der Waals surface area contributed by atoms with Crippen molar-refractivity contribution >= 4 is 0 Å². The first-order valence-electron chi connectivity index (χ1n) is 11.9. The summed E-state index contributed by atoms with van der Waals surface area (Å²) in [7, 11) is 1.68. The molecule has 1 aliphatic heterocycles. The third kappa shape index (κ3) is 2.95. The third-order valence-electron chi connectivity index (χ3n) is 8.29. The van der Waals surface area contributed by atoms with Crippen molar-refractivity contribution in [2.24, 2.45) is 5.92 Å². The van der Waals surface area contributed by atoms with Gasteiger partial charge in [0.25, 0.3) is 0 Å². The van der Waals surface area contributed by atoms with Gasteiger partial charge in [-0.1, -0.05) is 66.7 Å². The van der Waals surface area contributed by atoms with Crippen LogP contribution in [0, 0.1) is 5.92 Å². The highest BCUT2D eigenvalue weighted by Crippen LogP contribution is 2.60. The van der Waals surface area contributed by atoms with Crippen LogP contribution in [0.3, 0.4) is 0 Å². The SMILES string of the molecule is COc1ccccc1C(O)C1CCN(CC23CC(c4ccccc42)c2ccccc23)CC1. The fourth-order valence-electron chi connectivity index (χ4n) is 6.78. The van der Waals surface area contributed by atoms with Crippen molar-refractivity contribution in [3.05, 3.63) is 101 Å². The normalized spacial score (nSPS) is 25.4. The van der Waals surface area contributed by atoms with Crippen LogP contribution in [0.25, 0.3) is 0 Å². The largest absolute Gasteiger partial charge is 0.496 e. The zero-order chi connectivity index (χ0) is 21.7. The van der Waals surface area contributed by atoms with Gasteiger partial charge < -0.3 is 14.7 Å². The molecule has 0 saturated carbocycles. The van der Waals surface area contributed by atoms with E-state index in [0.29, 0.717) is 5.92 Å². The molecule has 6 rings (SSSR count). The minimum Gasteiger partial charge on any atom is -0.496 e. The number of fused-ring (bicyclic) bond motifs is 8. The minimum atomic E-state index is -0.463. The molecule has 1 N–H and O–H groups in total. The Morgan fingerprint density at radius 2 is 1.50 bits per heavy atom. The first-order valence-corrected chi connectivity index (χ1v) is 11.9. The molecular formula is C29H31NO2. The molecule has 1 heterocycles. The standard InChI is InChI=1S/C29H31NO2/c1-32-27-13-7-4-10-23(27)28(31)20-14-16-30(17-15-20)19-29-18-24(21-8-2-5-11-25(21)29)22-9-3-6-12-26(22)29/h2-13,20,24,28,31H,14-19H2,1H3. The molecule has 3 aromatic carbocycles. The number of nitrogens with zero attached hydrogens (tertiary/aromatic N) is 1. The highest BCUT2D eigenvalue weighted by Gasteiger charge is 2.53. The summed E-state index contributed by atoms with van der Waals surface area (Å²) >= 11 is 0. The quantitative estimate of drug-likeness (QED) is 0.604. The number of rotatable bonds is 5. The molecule has 164 valence electrons. The Hall–Kier alpha value is -2.62. The zero-order valence-electron chi connectivity index (χ0n) is 18.7. The Balaban J connectivity index is 1.22. The van der Waals surface area contributed by atoms with E-state index in [1.807, 2.05) is 24.3 Å². The molecule has 1 atom stereocenters. The van der Waals surface area contributed by atoms with E-state index in [9.17, 15) is 5.11 Å². The van der Waals surface area contributed by atoms with E-state index in [0.717, 1.165) is 43.8 Å². The molecule has 1 saturated heterocycles. The number of aliphatic hydroxyl groups excluding tert-OH is 1. The number of ether oxygens (including phenoxy) is 1. The van der Waals surface area contributed by atoms with E-state index in [1.54, 1.807) is 18.2 Å². The Morgan fingerprint density at radius 3 is 2.16 bits per heavy atom. The van der Waals surface area contributed by atoms with E-state index in [2.05, 4.69) is 53.4 Å². The van der Waals surface area contributed by atoms with Crippen LogP contribution in [0.15, 0.2) is 72.8 Å². The lowest BCUT2D eigenvalue weighted by atomic mass is 9.74. The van der Waals surface area contributed by atoms with Crippen LogP contribution in [0.1, 0.15) is 59.1 Å². The second kappa shape index (κ2) is 7.75. The molecule has 3 heteroatoms. The zero-order valence-corrected chi connectivity index (χ0v) is 18.7. The van der Waals surface area contributed by atoms with Crippen LogP contribution in [-0.2, 0) is 5.41 Å². The van der Waals surface area contributed by atoms with Crippen LogP contribution in [0.5, 0.6) is 5.75 Å². The van der Waals surface area contributed by atoms with Crippen molar-refractivity contribution in [2.45, 2.75) is 36.7 Å². The van der Waals surface area contributed by atoms with E-state index in [-0.39, 0.29) is 11.3 Å². The van der Waals surface area contributed by atoms with Crippen LogP contribution in [-0.4, -0.2) is 36.8 Å². The lowest BCUT2D eigenvalue weighted by Crippen LogP contribution is -2.44. The van der Waals surface area contributed by atoms with Crippen molar-refractivity contribution in [1.29, 1.82) is 0 Å². The van der Waals surface area contributed by atoms with Crippen molar-refractivity contribution in [2.75, 3.05) is 26.7 Å². The van der Waals surface area contributed by atoms with Gasteiger partial charge in [-0.2, -0.15) is 0 Å². The molecular weight excluding hydrogens is 394 g/mol. The summed E-state index contributed by atoms with van der Waals surface area (Å²) in [5, 5.41) is 11.1. The molecule has 32 heavy (non-hydrogen) atoms. The molecule has 0 radical (unpaired) electrons. The highest BCUT2D eigenvalue weighted by molar-refractivity contribution is 5.62. The molecule has 1 fully saturated rings. The van der Waals surface area contributed by atoms with E-state index in [1.165, 1.54) is 17.5 Å². The summed E-state index contributed by atoms with van der Waals surface area (Å²) < 4.78 is 5.50. The van der Waals surface area contributed by atoms with Gasteiger partial charge >= 0.3 is 0 Å². The smallest absolute Gasteiger partial charge is 0.124 e. The highest BCUT2D eigenvalue weighted by atomic mass is 16.5. The second-order valence-corrected chi connectivity index (χ2v) is 9.81. The van der Waals surface area contributed by atoms with Crippen molar-refractivity contribution in [1.82, 2.24) is 4.90 Å². The number of aliphatic hydroxyl groups is 1. The molecule has 0 amide bonds. The van der Waals surface area contributed by atoms with Gasteiger partial charge in [0.2, 0.25) is 0 Å². The van der Waals surface area contributed by atoms with Gasteiger partial charge in [-0.3, -0.25) is 0 Å². The number of hydrogen-bond donors (Lipinski definition) is 1. The Bertz CT molecular complexity index is 1080. The number of methoxy groups -OCH3 is 1. The average Bonchev–Trinajstić information content (AvgIpc) is 3.36. The predicted molar refractivity (Wildman–Crippen MR) is 127 cm³/mol. The maximum absolute atomic E-state index is 11.1. The summed E-state index contributed by atoms with van der Waals surface area (Å²) in [6.45, 7) is 3.15. The van der Waals surface area contributed by atoms with Crippen molar-refractivity contribution in [3.8, 4) is 5.75 Å². The van der Waals surface area contributed by atoms with Gasteiger partial charge in [0.15, 0.2) is 0 Å². The Labute approximate surface area is 190 Å². The molecule has 1 unspecified atom stereocenters. The number of benzene rings is 3. The number of likely N-dealkylation sites (tertiary alicyclic amines) is 1. The van der Waals surface area contributed by atoms with Crippen LogP contribution in [0.4, 0.5) is 0 Å². The number of para-hydroxylation sites is 1. The van der Waals surface area contributed by atoms with Gasteiger partial charge in [0.05, 0.1) is 13.2 Å². The van der Waals surface area contributed by atoms with Crippen LogP contribution in [0.2, 0.25) is 0 Å². The molecule has 0 spiro atoms. The fraction of sp³-hybridized carbons (Fsp3) is 0.379. The summed E-state index contributed by atoms with van der Waals surface area (Å²) in [6, 6.07) is 26.1. The topological polar surface area (TPSA) is 32.7 Å². The van der Waals surface area contributed by atoms with Gasteiger partial charge in [-0.25, -0.2) is 0 Å². The van der Waals surface area contributed by atoms with Crippen molar-refractivity contribution < 1.29 is 9.84 Å². The summed E-state index contributed by atoms with van der Waals surface area (Å²) in [5.74, 6) is 1.62. The Kier molecular flexibility index (Phi) is 4.85. The third-order valence-corrected chi connectivity index (χ3v) is 8.29. The molecule has 3 nitrogen and oxygen atoms in total. The first-order chi connectivity index (χ1) is 15.7. The average molecular weight is 426 g/mol. The van der Waals surface area contributed by atoms with Crippen LogP contribution < -0.4 is 4.74 Å². The summed E-state index contributed by atoms with van der Waals surface area (Å²) in [6.07, 6.45) is 2.77.